The van der Waals surface area contributed by atoms with Gasteiger partial charge in [-0.15, -0.1) is 0 Å². The van der Waals surface area contributed by atoms with Crippen molar-refractivity contribution in [3.8, 4) is 0 Å². The van der Waals surface area contributed by atoms with E-state index in [9.17, 15) is 9.59 Å². The SMILES string of the molecule is Cc1cccc(C(=O)NC(CCS)C(=O)O)c1. The summed E-state index contributed by atoms with van der Waals surface area (Å²) in [5.41, 5.74) is 1.43. The highest BCUT2D eigenvalue weighted by Gasteiger charge is 2.19. The second-order valence-corrected chi connectivity index (χ2v) is 4.19. The molecule has 0 spiro atoms. The van der Waals surface area contributed by atoms with E-state index in [0.717, 1.165) is 5.56 Å². The van der Waals surface area contributed by atoms with Gasteiger partial charge in [0.05, 0.1) is 0 Å². The van der Waals surface area contributed by atoms with Gasteiger partial charge in [-0.2, -0.15) is 12.6 Å². The van der Waals surface area contributed by atoms with Crippen molar-refractivity contribution >= 4 is 24.5 Å². The van der Waals surface area contributed by atoms with E-state index in [2.05, 4.69) is 17.9 Å². The molecule has 1 rings (SSSR count). The standard InChI is InChI=1S/C12H15NO3S/c1-8-3-2-4-9(7-8)11(14)13-10(5-6-17)12(15)16/h2-4,7,10,17H,5-6H2,1H3,(H,13,14)(H,15,16). The zero-order valence-electron chi connectivity index (χ0n) is 9.51. The molecule has 0 aliphatic carbocycles. The van der Waals surface area contributed by atoms with Gasteiger partial charge >= 0.3 is 5.97 Å². The molecule has 92 valence electrons. The van der Waals surface area contributed by atoms with Crippen LogP contribution < -0.4 is 5.32 Å². The zero-order valence-corrected chi connectivity index (χ0v) is 10.4. The number of hydrogen-bond acceptors (Lipinski definition) is 3. The summed E-state index contributed by atoms with van der Waals surface area (Å²) >= 11 is 3.97. The topological polar surface area (TPSA) is 66.4 Å². The Balaban J connectivity index is 2.73. The lowest BCUT2D eigenvalue weighted by atomic mass is 10.1. The average Bonchev–Trinajstić information content (AvgIpc) is 2.28. The molecule has 17 heavy (non-hydrogen) atoms. The summed E-state index contributed by atoms with van der Waals surface area (Å²) in [5, 5.41) is 11.4. The molecule has 1 atom stereocenters. The summed E-state index contributed by atoms with van der Waals surface area (Å²) in [6.07, 6.45) is 0.302. The molecular weight excluding hydrogens is 238 g/mol. The van der Waals surface area contributed by atoms with E-state index in [4.69, 9.17) is 5.11 Å². The Morgan fingerprint density at radius 2 is 2.18 bits per heavy atom. The van der Waals surface area contributed by atoms with E-state index in [1.165, 1.54) is 0 Å². The van der Waals surface area contributed by atoms with Crippen molar-refractivity contribution in [1.82, 2.24) is 5.32 Å². The van der Waals surface area contributed by atoms with Crippen LogP contribution in [0, 0.1) is 6.92 Å². The summed E-state index contributed by atoms with van der Waals surface area (Å²) in [7, 11) is 0. The number of nitrogens with one attached hydrogen (secondary N) is 1. The number of carboxylic acids is 1. The molecule has 0 aliphatic rings. The van der Waals surface area contributed by atoms with E-state index in [1.807, 2.05) is 13.0 Å². The predicted octanol–water partition coefficient (Wildman–Crippen LogP) is 1.50. The van der Waals surface area contributed by atoms with E-state index in [0.29, 0.717) is 17.7 Å². The average molecular weight is 253 g/mol. The Morgan fingerprint density at radius 3 is 2.71 bits per heavy atom. The lowest BCUT2D eigenvalue weighted by Gasteiger charge is -2.13. The molecule has 1 amide bonds. The Kier molecular flexibility index (Phi) is 5.03. The van der Waals surface area contributed by atoms with Crippen molar-refractivity contribution in [3.05, 3.63) is 35.4 Å². The molecule has 0 aliphatic heterocycles. The maximum atomic E-state index is 11.8. The minimum Gasteiger partial charge on any atom is -0.480 e. The highest BCUT2D eigenvalue weighted by molar-refractivity contribution is 7.80. The first kappa shape index (κ1) is 13.6. The molecule has 1 aromatic carbocycles. The monoisotopic (exact) mass is 253 g/mol. The van der Waals surface area contributed by atoms with Gasteiger partial charge in [0.15, 0.2) is 0 Å². The summed E-state index contributed by atoms with van der Waals surface area (Å²) in [6.45, 7) is 1.87. The van der Waals surface area contributed by atoms with Gasteiger partial charge in [0.25, 0.3) is 5.91 Å². The molecule has 4 nitrogen and oxygen atoms in total. The fourth-order valence-corrected chi connectivity index (χ4v) is 1.67. The quantitative estimate of drug-likeness (QED) is 0.697. The van der Waals surface area contributed by atoms with Gasteiger partial charge in [-0.25, -0.2) is 4.79 Å². The number of carboxylic acid groups (broad SMARTS) is 1. The molecule has 0 heterocycles. The van der Waals surface area contributed by atoms with Gasteiger partial charge in [-0.1, -0.05) is 17.7 Å². The Hall–Kier alpha value is -1.49. The number of aryl methyl sites for hydroxylation is 1. The second-order valence-electron chi connectivity index (χ2n) is 3.75. The first-order chi connectivity index (χ1) is 8.04. The lowest BCUT2D eigenvalue weighted by Crippen LogP contribution is -2.41. The lowest BCUT2D eigenvalue weighted by molar-refractivity contribution is -0.139. The molecule has 0 radical (unpaired) electrons. The minimum absolute atomic E-state index is 0.302. The number of carbonyl (C=O) groups excluding carboxylic acids is 1. The van der Waals surface area contributed by atoms with E-state index in [-0.39, 0.29) is 5.91 Å². The van der Waals surface area contributed by atoms with Crippen molar-refractivity contribution < 1.29 is 14.7 Å². The predicted molar refractivity (Wildman–Crippen MR) is 68.5 cm³/mol. The Bertz CT molecular complexity index is 420. The van der Waals surface area contributed by atoms with Crippen LogP contribution in [-0.4, -0.2) is 28.8 Å². The van der Waals surface area contributed by atoms with Crippen molar-refractivity contribution in [1.29, 1.82) is 0 Å². The van der Waals surface area contributed by atoms with Crippen molar-refractivity contribution in [2.45, 2.75) is 19.4 Å². The third kappa shape index (κ3) is 4.11. The van der Waals surface area contributed by atoms with Crippen molar-refractivity contribution in [2.75, 3.05) is 5.75 Å². The maximum Gasteiger partial charge on any atom is 0.326 e. The molecule has 0 bridgehead atoms. The molecule has 0 aromatic heterocycles. The second kappa shape index (κ2) is 6.30. The van der Waals surface area contributed by atoms with Crippen molar-refractivity contribution in [3.63, 3.8) is 0 Å². The van der Waals surface area contributed by atoms with Crippen LogP contribution in [-0.2, 0) is 4.79 Å². The number of thiol groups is 1. The van der Waals surface area contributed by atoms with Crippen LogP contribution in [0.2, 0.25) is 0 Å². The van der Waals surface area contributed by atoms with Crippen LogP contribution >= 0.6 is 12.6 Å². The molecule has 5 heteroatoms. The molecule has 1 aromatic rings. The fourth-order valence-electron chi connectivity index (χ4n) is 1.41. The molecule has 0 saturated heterocycles. The Labute approximate surface area is 105 Å². The third-order valence-corrected chi connectivity index (χ3v) is 2.56. The minimum atomic E-state index is -1.04. The summed E-state index contributed by atoms with van der Waals surface area (Å²) in [5.74, 6) is -1.01. The van der Waals surface area contributed by atoms with Gasteiger partial charge in [0, 0.05) is 5.56 Å². The van der Waals surface area contributed by atoms with E-state index in [1.54, 1.807) is 18.2 Å². The van der Waals surface area contributed by atoms with Gasteiger partial charge in [0.1, 0.15) is 6.04 Å². The third-order valence-electron chi connectivity index (χ3n) is 2.30. The fraction of sp³-hybridized carbons (Fsp3) is 0.333. The van der Waals surface area contributed by atoms with Crippen LogP contribution in [0.4, 0.5) is 0 Å². The number of carbonyl (C=O) groups is 2. The van der Waals surface area contributed by atoms with Gasteiger partial charge in [-0.3, -0.25) is 4.79 Å². The first-order valence-electron chi connectivity index (χ1n) is 5.26. The highest BCUT2D eigenvalue weighted by atomic mass is 32.1. The maximum absolute atomic E-state index is 11.8. The summed E-state index contributed by atoms with van der Waals surface area (Å²) < 4.78 is 0. The smallest absolute Gasteiger partial charge is 0.326 e. The largest absolute Gasteiger partial charge is 0.480 e. The highest BCUT2D eigenvalue weighted by Crippen LogP contribution is 2.05. The molecular formula is C12H15NO3S. The zero-order chi connectivity index (χ0) is 12.8. The van der Waals surface area contributed by atoms with Gasteiger partial charge < -0.3 is 10.4 Å². The molecule has 0 fully saturated rings. The first-order valence-corrected chi connectivity index (χ1v) is 5.89. The van der Waals surface area contributed by atoms with Crippen LogP contribution in [0.15, 0.2) is 24.3 Å². The number of rotatable bonds is 5. The van der Waals surface area contributed by atoms with E-state index >= 15 is 0 Å². The normalized spacial score (nSPS) is 11.9. The number of aliphatic carboxylic acids is 1. The summed E-state index contributed by atoms with van der Waals surface area (Å²) in [4.78, 5) is 22.7. The molecule has 2 N–H and O–H groups in total. The van der Waals surface area contributed by atoms with Crippen LogP contribution in [0.3, 0.4) is 0 Å². The van der Waals surface area contributed by atoms with Crippen molar-refractivity contribution in [2.24, 2.45) is 0 Å². The number of hydrogen-bond donors (Lipinski definition) is 3. The number of benzene rings is 1. The van der Waals surface area contributed by atoms with Gasteiger partial charge in [-0.05, 0) is 31.2 Å². The number of amides is 1. The van der Waals surface area contributed by atoms with Crippen LogP contribution in [0.1, 0.15) is 22.3 Å². The molecule has 1 unspecified atom stereocenters. The van der Waals surface area contributed by atoms with Gasteiger partial charge in [0.2, 0.25) is 0 Å². The van der Waals surface area contributed by atoms with Crippen LogP contribution in [0.5, 0.6) is 0 Å². The van der Waals surface area contributed by atoms with E-state index < -0.39 is 12.0 Å². The Morgan fingerprint density at radius 1 is 1.47 bits per heavy atom. The van der Waals surface area contributed by atoms with Crippen LogP contribution in [0.25, 0.3) is 0 Å². The summed E-state index contributed by atoms with van der Waals surface area (Å²) in [6, 6.07) is 6.12. The molecule has 0 saturated carbocycles.